The van der Waals surface area contributed by atoms with Crippen LogP contribution in [0.4, 0.5) is 4.39 Å². The molecule has 1 unspecified atom stereocenters. The van der Waals surface area contributed by atoms with Crippen LogP contribution in [0.1, 0.15) is 37.0 Å². The third-order valence-corrected chi connectivity index (χ3v) is 3.67. The van der Waals surface area contributed by atoms with Crippen LogP contribution < -0.4 is 5.32 Å². The number of hydrogen-bond acceptors (Lipinski definition) is 2. The zero-order valence-corrected chi connectivity index (χ0v) is 12.4. The van der Waals surface area contributed by atoms with Gasteiger partial charge in [0.1, 0.15) is 5.82 Å². The molecule has 0 aliphatic carbocycles. The molecule has 2 rings (SSSR count). The minimum absolute atomic E-state index is 0.00181. The number of piperidine rings is 1. The van der Waals surface area contributed by atoms with E-state index >= 15 is 0 Å². The van der Waals surface area contributed by atoms with Gasteiger partial charge in [0, 0.05) is 30.6 Å². The maximum absolute atomic E-state index is 12.9. The predicted octanol–water partition coefficient (Wildman–Crippen LogP) is 2.20. The maximum atomic E-state index is 12.9. The topological polar surface area (TPSA) is 49.4 Å². The summed E-state index contributed by atoms with van der Waals surface area (Å²) in [5.74, 6) is -0.518. The van der Waals surface area contributed by atoms with E-state index in [0.29, 0.717) is 18.7 Å². The first-order valence-electron chi connectivity index (χ1n) is 7.32. The van der Waals surface area contributed by atoms with Crippen molar-refractivity contribution in [1.82, 2.24) is 10.2 Å². The van der Waals surface area contributed by atoms with E-state index in [1.165, 1.54) is 24.3 Å². The third kappa shape index (κ3) is 4.03. The van der Waals surface area contributed by atoms with E-state index in [0.717, 1.165) is 12.8 Å². The molecule has 1 fully saturated rings. The van der Waals surface area contributed by atoms with Gasteiger partial charge in [-0.3, -0.25) is 9.59 Å². The lowest BCUT2D eigenvalue weighted by Crippen LogP contribution is -2.50. The van der Waals surface area contributed by atoms with Crippen molar-refractivity contribution >= 4 is 11.8 Å². The lowest BCUT2D eigenvalue weighted by Gasteiger charge is -2.33. The Morgan fingerprint density at radius 3 is 2.57 bits per heavy atom. The van der Waals surface area contributed by atoms with E-state index in [9.17, 15) is 14.0 Å². The van der Waals surface area contributed by atoms with Gasteiger partial charge in [0.05, 0.1) is 0 Å². The zero-order valence-electron chi connectivity index (χ0n) is 12.4. The van der Waals surface area contributed by atoms with Crippen LogP contribution in [0.5, 0.6) is 0 Å². The Morgan fingerprint density at radius 1 is 1.29 bits per heavy atom. The summed E-state index contributed by atoms with van der Waals surface area (Å²) < 4.78 is 12.9. The van der Waals surface area contributed by atoms with Gasteiger partial charge in [-0.2, -0.15) is 0 Å². The van der Waals surface area contributed by atoms with Crippen LogP contribution in [0, 0.1) is 11.7 Å². The normalized spacial score (nSPS) is 18.7. The second kappa shape index (κ2) is 6.70. The van der Waals surface area contributed by atoms with Gasteiger partial charge in [-0.1, -0.05) is 13.8 Å². The van der Waals surface area contributed by atoms with Crippen molar-refractivity contribution in [2.75, 3.05) is 13.1 Å². The molecule has 1 saturated heterocycles. The number of rotatable bonds is 3. The average molecular weight is 292 g/mol. The number of carbonyl (C=O) groups is 2. The molecule has 0 spiro atoms. The lowest BCUT2D eigenvalue weighted by atomic mass is 10.0. The van der Waals surface area contributed by atoms with Crippen LogP contribution in [0.2, 0.25) is 0 Å². The minimum atomic E-state index is -0.354. The molecule has 114 valence electrons. The second-order valence-electron chi connectivity index (χ2n) is 5.76. The minimum Gasteiger partial charge on any atom is -0.351 e. The number of halogens is 1. The van der Waals surface area contributed by atoms with Crippen LogP contribution in [0.3, 0.4) is 0 Å². The van der Waals surface area contributed by atoms with E-state index < -0.39 is 0 Å². The van der Waals surface area contributed by atoms with Crippen LogP contribution in [-0.2, 0) is 4.79 Å². The summed E-state index contributed by atoms with van der Waals surface area (Å²) >= 11 is 0. The highest BCUT2D eigenvalue weighted by molar-refractivity contribution is 5.94. The summed E-state index contributed by atoms with van der Waals surface area (Å²) in [7, 11) is 0. The van der Waals surface area contributed by atoms with Gasteiger partial charge < -0.3 is 10.2 Å². The van der Waals surface area contributed by atoms with E-state index in [-0.39, 0.29) is 29.6 Å². The highest BCUT2D eigenvalue weighted by atomic mass is 19.1. The quantitative estimate of drug-likeness (QED) is 0.928. The molecule has 1 N–H and O–H groups in total. The summed E-state index contributed by atoms with van der Waals surface area (Å²) in [4.78, 5) is 25.8. The first kappa shape index (κ1) is 15.5. The number of nitrogens with zero attached hydrogens (tertiary/aromatic N) is 1. The number of nitrogens with one attached hydrogen (secondary N) is 1. The number of carbonyl (C=O) groups excluding carboxylic acids is 2. The number of amides is 2. The van der Waals surface area contributed by atoms with Crippen LogP contribution in [0.25, 0.3) is 0 Å². The molecule has 1 heterocycles. The van der Waals surface area contributed by atoms with E-state index in [1.807, 2.05) is 13.8 Å². The van der Waals surface area contributed by atoms with Gasteiger partial charge in [-0.15, -0.1) is 0 Å². The molecule has 0 radical (unpaired) electrons. The van der Waals surface area contributed by atoms with Gasteiger partial charge in [0.15, 0.2) is 0 Å². The van der Waals surface area contributed by atoms with Gasteiger partial charge >= 0.3 is 0 Å². The zero-order chi connectivity index (χ0) is 15.4. The van der Waals surface area contributed by atoms with Crippen LogP contribution >= 0.6 is 0 Å². The molecular formula is C16H21FN2O2. The van der Waals surface area contributed by atoms with Crippen molar-refractivity contribution in [2.45, 2.75) is 32.7 Å². The third-order valence-electron chi connectivity index (χ3n) is 3.67. The van der Waals surface area contributed by atoms with Gasteiger partial charge in [-0.05, 0) is 37.1 Å². The van der Waals surface area contributed by atoms with Crippen molar-refractivity contribution in [3.63, 3.8) is 0 Å². The lowest BCUT2D eigenvalue weighted by molar-refractivity contribution is -0.125. The van der Waals surface area contributed by atoms with Crippen LogP contribution in [0.15, 0.2) is 24.3 Å². The number of hydrogen-bond donors (Lipinski definition) is 1. The number of benzene rings is 1. The Labute approximate surface area is 124 Å². The fraction of sp³-hybridized carbons (Fsp3) is 0.500. The molecule has 2 amide bonds. The van der Waals surface area contributed by atoms with Gasteiger partial charge in [-0.25, -0.2) is 4.39 Å². The molecule has 1 aromatic carbocycles. The second-order valence-corrected chi connectivity index (χ2v) is 5.76. The Kier molecular flexibility index (Phi) is 4.94. The molecule has 0 saturated carbocycles. The fourth-order valence-electron chi connectivity index (χ4n) is 2.42. The summed E-state index contributed by atoms with van der Waals surface area (Å²) in [5, 5.41) is 2.97. The van der Waals surface area contributed by atoms with E-state index in [4.69, 9.17) is 0 Å². The fourth-order valence-corrected chi connectivity index (χ4v) is 2.42. The van der Waals surface area contributed by atoms with Crippen molar-refractivity contribution in [3.05, 3.63) is 35.6 Å². The Morgan fingerprint density at radius 2 is 1.95 bits per heavy atom. The first-order valence-corrected chi connectivity index (χ1v) is 7.32. The molecule has 4 nitrogen and oxygen atoms in total. The molecule has 1 aliphatic heterocycles. The molecule has 0 bridgehead atoms. The van der Waals surface area contributed by atoms with Crippen molar-refractivity contribution < 1.29 is 14.0 Å². The van der Waals surface area contributed by atoms with E-state index in [1.54, 1.807) is 4.90 Å². The molecule has 1 atom stereocenters. The smallest absolute Gasteiger partial charge is 0.253 e. The molecule has 0 aromatic heterocycles. The Balaban J connectivity index is 1.98. The predicted molar refractivity (Wildman–Crippen MR) is 78.3 cm³/mol. The molecule has 21 heavy (non-hydrogen) atoms. The average Bonchev–Trinajstić information content (AvgIpc) is 2.47. The summed E-state index contributed by atoms with van der Waals surface area (Å²) in [5.41, 5.74) is 0.479. The summed E-state index contributed by atoms with van der Waals surface area (Å²) in [6.07, 6.45) is 1.74. The van der Waals surface area contributed by atoms with E-state index in [2.05, 4.69) is 5.32 Å². The molecule has 5 heteroatoms. The Bertz CT molecular complexity index is 514. The highest BCUT2D eigenvalue weighted by Crippen LogP contribution is 2.15. The van der Waals surface area contributed by atoms with Gasteiger partial charge in [0.2, 0.25) is 5.91 Å². The first-order chi connectivity index (χ1) is 9.97. The van der Waals surface area contributed by atoms with Crippen LogP contribution in [-0.4, -0.2) is 35.8 Å². The molecule has 1 aromatic rings. The Hall–Kier alpha value is -1.91. The largest absolute Gasteiger partial charge is 0.351 e. The van der Waals surface area contributed by atoms with Crippen molar-refractivity contribution in [2.24, 2.45) is 5.92 Å². The highest BCUT2D eigenvalue weighted by Gasteiger charge is 2.25. The van der Waals surface area contributed by atoms with Crippen molar-refractivity contribution in [3.8, 4) is 0 Å². The maximum Gasteiger partial charge on any atom is 0.253 e. The summed E-state index contributed by atoms with van der Waals surface area (Å²) in [6.45, 7) is 4.87. The summed E-state index contributed by atoms with van der Waals surface area (Å²) in [6, 6.07) is 5.56. The molecule has 1 aliphatic rings. The number of likely N-dealkylation sites (tertiary alicyclic amines) is 1. The van der Waals surface area contributed by atoms with Crippen molar-refractivity contribution in [1.29, 1.82) is 0 Å². The molecular weight excluding hydrogens is 271 g/mol. The monoisotopic (exact) mass is 292 g/mol. The van der Waals surface area contributed by atoms with Gasteiger partial charge in [0.25, 0.3) is 5.91 Å². The SMILES string of the molecule is CC(C)C(=O)NC1CCCN(C(=O)c2ccc(F)cc2)C1. The standard InChI is InChI=1S/C16H21FN2O2/c1-11(2)15(20)18-14-4-3-9-19(10-14)16(21)12-5-7-13(17)8-6-12/h5-8,11,14H,3-4,9-10H2,1-2H3,(H,18,20).